The molecule has 166 valence electrons. The van der Waals surface area contributed by atoms with Crippen molar-refractivity contribution < 1.29 is 28.3 Å². The van der Waals surface area contributed by atoms with E-state index < -0.39 is 29.5 Å². The lowest BCUT2D eigenvalue weighted by molar-refractivity contribution is -0.138. The van der Waals surface area contributed by atoms with Crippen molar-refractivity contribution in [2.45, 2.75) is 20.3 Å². The summed E-state index contributed by atoms with van der Waals surface area (Å²) in [6.07, 6.45) is -0.269. The molecule has 1 aliphatic heterocycles. The molecular formula is C23H22FN3O5. The summed E-state index contributed by atoms with van der Waals surface area (Å²) in [5.74, 6) is -3.46. The van der Waals surface area contributed by atoms with Crippen molar-refractivity contribution in [2.24, 2.45) is 5.92 Å². The minimum absolute atomic E-state index is 0.0452. The number of hydrogen-bond acceptors (Lipinski definition) is 5. The maximum absolute atomic E-state index is 13.3. The molecule has 0 aromatic heterocycles. The molecule has 3 amide bonds. The fraction of sp³-hybridized carbons (Fsp3) is 0.217. The molecule has 2 N–H and O–H groups in total. The highest BCUT2D eigenvalue weighted by Gasteiger charge is 2.40. The lowest BCUT2D eigenvalue weighted by Crippen LogP contribution is -2.43. The van der Waals surface area contributed by atoms with Gasteiger partial charge >= 0.3 is 5.97 Å². The highest BCUT2D eigenvalue weighted by molar-refractivity contribution is 6.10. The molecule has 2 aromatic carbocycles. The number of amides is 3. The second-order valence-electron chi connectivity index (χ2n) is 7.20. The predicted molar refractivity (Wildman–Crippen MR) is 116 cm³/mol. The van der Waals surface area contributed by atoms with Crippen LogP contribution in [0.2, 0.25) is 0 Å². The lowest BCUT2D eigenvalue weighted by Gasteiger charge is -2.33. The van der Waals surface area contributed by atoms with Gasteiger partial charge in [0, 0.05) is 36.1 Å². The molecule has 3 rings (SSSR count). The summed E-state index contributed by atoms with van der Waals surface area (Å²) in [6, 6.07) is 11.7. The molecule has 0 aliphatic carbocycles. The number of carbonyl (C=O) groups excluding carboxylic acids is 4. The van der Waals surface area contributed by atoms with Gasteiger partial charge in [-0.05, 0) is 55.5 Å². The molecular weight excluding hydrogens is 417 g/mol. The number of hydrogen-bond donors (Lipinski definition) is 2. The van der Waals surface area contributed by atoms with Crippen molar-refractivity contribution in [3.05, 3.63) is 65.6 Å². The van der Waals surface area contributed by atoms with E-state index in [-0.39, 0.29) is 23.6 Å². The van der Waals surface area contributed by atoms with Gasteiger partial charge in [0.25, 0.3) is 0 Å². The van der Waals surface area contributed by atoms with Gasteiger partial charge in [-0.1, -0.05) is 0 Å². The third-order valence-corrected chi connectivity index (χ3v) is 4.98. The van der Waals surface area contributed by atoms with Crippen LogP contribution in [0.5, 0.6) is 0 Å². The van der Waals surface area contributed by atoms with Crippen molar-refractivity contribution >= 4 is 40.8 Å². The Morgan fingerprint density at radius 3 is 2.09 bits per heavy atom. The van der Waals surface area contributed by atoms with Crippen LogP contribution in [0.15, 0.2) is 59.8 Å². The number of nitrogens with zero attached hydrogens (tertiary/aromatic N) is 1. The molecule has 1 atom stereocenters. The summed E-state index contributed by atoms with van der Waals surface area (Å²) < 4.78 is 18.2. The number of rotatable bonds is 5. The second-order valence-corrected chi connectivity index (χ2v) is 7.20. The molecule has 0 bridgehead atoms. The van der Waals surface area contributed by atoms with Gasteiger partial charge in [-0.25, -0.2) is 9.18 Å². The largest absolute Gasteiger partial charge is 0.466 e. The monoisotopic (exact) mass is 439 g/mol. The highest BCUT2D eigenvalue weighted by Crippen LogP contribution is 2.34. The Hall–Kier alpha value is -4.01. The molecule has 0 saturated carbocycles. The molecule has 1 heterocycles. The van der Waals surface area contributed by atoms with Gasteiger partial charge in [-0.2, -0.15) is 0 Å². The molecule has 0 saturated heterocycles. The van der Waals surface area contributed by atoms with E-state index in [0.717, 1.165) is 0 Å². The Kier molecular flexibility index (Phi) is 6.67. The molecule has 0 spiro atoms. The van der Waals surface area contributed by atoms with Crippen molar-refractivity contribution in [3.63, 3.8) is 0 Å². The molecule has 8 nitrogen and oxygen atoms in total. The number of anilines is 3. The number of benzene rings is 2. The normalized spacial score (nSPS) is 15.9. The first-order valence-corrected chi connectivity index (χ1v) is 9.77. The maximum Gasteiger partial charge on any atom is 0.336 e. The van der Waals surface area contributed by atoms with E-state index in [9.17, 15) is 23.6 Å². The van der Waals surface area contributed by atoms with E-state index in [4.69, 9.17) is 4.74 Å². The van der Waals surface area contributed by atoms with E-state index in [1.54, 1.807) is 24.3 Å². The quantitative estimate of drug-likeness (QED) is 0.696. The SMILES string of the molecule is COC(=O)C1=C(C)N(c2ccc(F)cc2)C(=O)C[C@@H]1C(=O)Nc1ccc(NC(C)=O)cc1. The fourth-order valence-corrected chi connectivity index (χ4v) is 3.55. The van der Waals surface area contributed by atoms with Crippen LogP contribution in [-0.4, -0.2) is 30.8 Å². The molecule has 1 aliphatic rings. The van der Waals surface area contributed by atoms with Crippen molar-refractivity contribution in [3.8, 4) is 0 Å². The molecule has 0 unspecified atom stereocenters. The zero-order chi connectivity index (χ0) is 23.4. The molecule has 0 fully saturated rings. The third kappa shape index (κ3) is 4.83. The van der Waals surface area contributed by atoms with Gasteiger partial charge in [0.05, 0.1) is 18.6 Å². The zero-order valence-corrected chi connectivity index (χ0v) is 17.8. The first kappa shape index (κ1) is 22.7. The number of allylic oxidation sites excluding steroid dienone is 1. The van der Waals surface area contributed by atoms with Gasteiger partial charge in [-0.15, -0.1) is 0 Å². The van der Waals surface area contributed by atoms with Crippen molar-refractivity contribution in [2.75, 3.05) is 22.6 Å². The van der Waals surface area contributed by atoms with E-state index in [1.807, 2.05) is 0 Å². The Morgan fingerprint density at radius 1 is 1.00 bits per heavy atom. The Labute approximate surface area is 184 Å². The van der Waals surface area contributed by atoms with Gasteiger partial charge in [0.1, 0.15) is 5.82 Å². The maximum atomic E-state index is 13.3. The van der Waals surface area contributed by atoms with Crippen LogP contribution in [0.1, 0.15) is 20.3 Å². The number of halogens is 1. The van der Waals surface area contributed by atoms with E-state index in [2.05, 4.69) is 10.6 Å². The summed E-state index contributed by atoms with van der Waals surface area (Å²) in [7, 11) is 1.19. The van der Waals surface area contributed by atoms with Crippen LogP contribution in [0, 0.1) is 11.7 Å². The fourth-order valence-electron chi connectivity index (χ4n) is 3.55. The Bertz CT molecular complexity index is 1090. The van der Waals surface area contributed by atoms with Crippen LogP contribution in [0.25, 0.3) is 0 Å². The van der Waals surface area contributed by atoms with Crippen molar-refractivity contribution in [1.82, 2.24) is 0 Å². The summed E-state index contributed by atoms with van der Waals surface area (Å²) in [6.45, 7) is 2.92. The number of ether oxygens (including phenoxy) is 1. The predicted octanol–water partition coefficient (Wildman–Crippen LogP) is 3.22. The summed E-state index contributed by atoms with van der Waals surface area (Å²) in [4.78, 5) is 50.8. The van der Waals surface area contributed by atoms with E-state index in [0.29, 0.717) is 17.1 Å². The number of nitrogens with one attached hydrogen (secondary N) is 2. The Balaban J connectivity index is 1.90. The average molecular weight is 439 g/mol. The van der Waals surface area contributed by atoms with Crippen molar-refractivity contribution in [1.29, 1.82) is 0 Å². The van der Waals surface area contributed by atoms with Gasteiger partial charge in [-0.3, -0.25) is 19.3 Å². The molecule has 2 aromatic rings. The van der Waals surface area contributed by atoms with E-state index in [1.165, 1.54) is 50.1 Å². The summed E-state index contributed by atoms with van der Waals surface area (Å²) >= 11 is 0. The first-order chi connectivity index (χ1) is 15.2. The average Bonchev–Trinajstić information content (AvgIpc) is 2.75. The third-order valence-electron chi connectivity index (χ3n) is 4.98. The van der Waals surface area contributed by atoms with Crippen LogP contribution in [0.4, 0.5) is 21.5 Å². The molecule has 32 heavy (non-hydrogen) atoms. The standard InChI is InChI=1S/C23H22FN3O5/c1-13-21(23(31)32-3)19(12-20(29)27(13)18-10-4-15(24)5-11-18)22(30)26-17-8-6-16(7-9-17)25-14(2)28/h4-11,19H,12H2,1-3H3,(H,25,28)(H,26,30)/t19-/m0/s1. The van der Waals surface area contributed by atoms with Crippen LogP contribution in [0.3, 0.4) is 0 Å². The molecule has 0 radical (unpaired) electrons. The molecule has 9 heteroatoms. The van der Waals surface area contributed by atoms with Crippen LogP contribution < -0.4 is 15.5 Å². The van der Waals surface area contributed by atoms with Gasteiger partial charge in [0.15, 0.2) is 0 Å². The number of esters is 1. The van der Waals surface area contributed by atoms with Crippen LogP contribution >= 0.6 is 0 Å². The smallest absolute Gasteiger partial charge is 0.336 e. The topological polar surface area (TPSA) is 105 Å². The minimum atomic E-state index is -1.07. The second kappa shape index (κ2) is 9.42. The minimum Gasteiger partial charge on any atom is -0.466 e. The zero-order valence-electron chi connectivity index (χ0n) is 17.8. The van der Waals surface area contributed by atoms with Gasteiger partial charge < -0.3 is 15.4 Å². The number of carbonyl (C=O) groups is 4. The van der Waals surface area contributed by atoms with Crippen LogP contribution in [-0.2, 0) is 23.9 Å². The van der Waals surface area contributed by atoms with Gasteiger partial charge in [0.2, 0.25) is 17.7 Å². The summed E-state index contributed by atoms with van der Waals surface area (Å²) in [5, 5.41) is 5.31. The van der Waals surface area contributed by atoms with E-state index >= 15 is 0 Å². The summed E-state index contributed by atoms with van der Waals surface area (Å²) in [5.41, 5.74) is 1.65. The lowest BCUT2D eigenvalue weighted by atomic mass is 9.88. The Morgan fingerprint density at radius 2 is 1.56 bits per heavy atom. The highest BCUT2D eigenvalue weighted by atomic mass is 19.1. The first-order valence-electron chi connectivity index (χ1n) is 9.77. The number of methoxy groups -OCH3 is 1.